The lowest BCUT2D eigenvalue weighted by Gasteiger charge is -2.16. The second kappa shape index (κ2) is 14.1. The summed E-state index contributed by atoms with van der Waals surface area (Å²) >= 11 is 14.8. The molecule has 0 aliphatic heterocycles. The zero-order valence-corrected chi connectivity index (χ0v) is 24.4. The number of ether oxygens (including phenoxy) is 2. The number of hydrogen-bond donors (Lipinski definition) is 3. The minimum atomic E-state index is -0.757. The Bertz CT molecular complexity index is 1290. The van der Waals surface area contributed by atoms with Crippen LogP contribution < -0.4 is 25.4 Å². The summed E-state index contributed by atoms with van der Waals surface area (Å²) in [6.45, 7) is 6.37. The van der Waals surface area contributed by atoms with E-state index in [0.717, 1.165) is 10.9 Å². The Labute approximate surface area is 241 Å². The van der Waals surface area contributed by atoms with E-state index in [-0.39, 0.29) is 16.9 Å². The number of benzene rings is 3. The molecule has 0 aliphatic rings. The number of carbonyl (C=O) groups is 2. The Morgan fingerprint density at radius 2 is 1.61 bits per heavy atom. The first kappa shape index (κ1) is 29.4. The molecule has 0 fully saturated rings. The molecule has 0 radical (unpaired) electrons. The van der Waals surface area contributed by atoms with Gasteiger partial charge in [-0.1, -0.05) is 53.5 Å². The number of anilines is 2. The number of nitrogens with one attached hydrogen (secondary N) is 3. The zero-order chi connectivity index (χ0) is 27.7. The molecule has 3 rings (SSSR count). The van der Waals surface area contributed by atoms with Gasteiger partial charge >= 0.3 is 0 Å². The Morgan fingerprint density at radius 3 is 2.26 bits per heavy atom. The average molecular weight is 619 g/mol. The number of thiocarbonyl (C=S) groups is 1. The fourth-order valence-corrected chi connectivity index (χ4v) is 3.96. The molecular formula is C28H29BrClN3O4S. The van der Waals surface area contributed by atoms with Gasteiger partial charge in [0.1, 0.15) is 11.5 Å². The van der Waals surface area contributed by atoms with Gasteiger partial charge in [0, 0.05) is 15.8 Å². The van der Waals surface area contributed by atoms with Crippen LogP contribution in [0.1, 0.15) is 37.6 Å². The number of halogens is 2. The van der Waals surface area contributed by atoms with Crippen LogP contribution >= 0.6 is 39.7 Å². The lowest BCUT2D eigenvalue weighted by Crippen LogP contribution is -2.34. The SMILES string of the molecule is CC(C)CCOc1ccc(Br)cc1C(=O)NC(=S)Nc1ccc(NC(=O)C(C)Oc2ccccc2Cl)cc1. The standard InChI is InChI=1S/C28H29BrClN3O4S/c1-17(2)14-15-36-24-13-8-19(29)16-22(24)27(35)33-28(38)32-21-11-9-20(10-12-21)31-26(34)18(3)37-25-7-5-4-6-23(25)30/h4-13,16-18H,14-15H2,1-3H3,(H,31,34)(H2,32,33,35,38). The van der Waals surface area contributed by atoms with Crippen molar-refractivity contribution in [2.75, 3.05) is 17.2 Å². The first-order valence-corrected chi connectivity index (χ1v) is 13.6. The van der Waals surface area contributed by atoms with Crippen LogP contribution in [-0.2, 0) is 4.79 Å². The third-order valence-corrected chi connectivity index (χ3v) is 6.30. The maximum absolute atomic E-state index is 12.9. The van der Waals surface area contributed by atoms with Crippen molar-refractivity contribution in [1.82, 2.24) is 5.32 Å². The summed E-state index contributed by atoms with van der Waals surface area (Å²) in [6.07, 6.45) is 0.119. The maximum Gasteiger partial charge on any atom is 0.265 e. The molecule has 0 spiro atoms. The number of amides is 2. The fourth-order valence-electron chi connectivity index (χ4n) is 3.21. The molecule has 3 aromatic rings. The highest BCUT2D eigenvalue weighted by atomic mass is 79.9. The van der Waals surface area contributed by atoms with E-state index >= 15 is 0 Å². The molecule has 0 aromatic heterocycles. The van der Waals surface area contributed by atoms with Gasteiger partial charge in [-0.2, -0.15) is 0 Å². The van der Waals surface area contributed by atoms with Crippen LogP contribution in [0.5, 0.6) is 11.5 Å². The van der Waals surface area contributed by atoms with Crippen molar-refractivity contribution in [3.05, 3.63) is 81.8 Å². The molecule has 2 amide bonds. The first-order chi connectivity index (χ1) is 18.1. The minimum Gasteiger partial charge on any atom is -0.493 e. The maximum atomic E-state index is 12.9. The van der Waals surface area contributed by atoms with Crippen LogP contribution in [0.25, 0.3) is 0 Å². The average Bonchev–Trinajstić information content (AvgIpc) is 2.87. The highest BCUT2D eigenvalue weighted by Gasteiger charge is 2.17. The van der Waals surface area contributed by atoms with Crippen LogP contribution in [0, 0.1) is 5.92 Å². The molecule has 3 aromatic carbocycles. The summed E-state index contributed by atoms with van der Waals surface area (Å²) in [5, 5.41) is 9.01. The van der Waals surface area contributed by atoms with Gasteiger partial charge in [0.25, 0.3) is 11.8 Å². The largest absolute Gasteiger partial charge is 0.493 e. The van der Waals surface area contributed by atoms with E-state index in [9.17, 15) is 9.59 Å². The van der Waals surface area contributed by atoms with Crippen molar-refractivity contribution < 1.29 is 19.1 Å². The molecule has 0 saturated heterocycles. The van der Waals surface area contributed by atoms with Crippen molar-refractivity contribution in [1.29, 1.82) is 0 Å². The Kier molecular flexibility index (Phi) is 10.9. The van der Waals surface area contributed by atoms with Crippen LogP contribution in [0.15, 0.2) is 71.2 Å². The second-order valence-electron chi connectivity index (χ2n) is 8.84. The number of hydrogen-bond acceptors (Lipinski definition) is 5. The lowest BCUT2D eigenvalue weighted by molar-refractivity contribution is -0.122. The van der Waals surface area contributed by atoms with Gasteiger partial charge in [-0.25, -0.2) is 0 Å². The molecule has 3 N–H and O–H groups in total. The summed E-state index contributed by atoms with van der Waals surface area (Å²) < 4.78 is 12.2. The molecule has 0 heterocycles. The number of rotatable bonds is 10. The Balaban J connectivity index is 1.54. The third-order valence-electron chi connectivity index (χ3n) is 5.29. The van der Waals surface area contributed by atoms with E-state index in [0.29, 0.717) is 46.0 Å². The highest BCUT2D eigenvalue weighted by Crippen LogP contribution is 2.25. The normalized spacial score (nSPS) is 11.4. The molecule has 7 nitrogen and oxygen atoms in total. The number of carbonyl (C=O) groups excluding carboxylic acids is 2. The van der Waals surface area contributed by atoms with Crippen molar-refractivity contribution in [3.8, 4) is 11.5 Å². The van der Waals surface area contributed by atoms with Crippen molar-refractivity contribution in [3.63, 3.8) is 0 Å². The van der Waals surface area contributed by atoms with E-state index < -0.39 is 6.10 Å². The van der Waals surface area contributed by atoms with Crippen LogP contribution in [0.3, 0.4) is 0 Å². The van der Waals surface area contributed by atoms with E-state index in [1.165, 1.54) is 0 Å². The molecule has 1 unspecified atom stereocenters. The van der Waals surface area contributed by atoms with E-state index in [2.05, 4.69) is 45.7 Å². The summed E-state index contributed by atoms with van der Waals surface area (Å²) in [4.78, 5) is 25.4. The quantitative estimate of drug-likeness (QED) is 0.211. The summed E-state index contributed by atoms with van der Waals surface area (Å²) in [5.74, 6) is 0.698. The van der Waals surface area contributed by atoms with Gasteiger partial charge in [-0.05, 0) is 86.1 Å². The monoisotopic (exact) mass is 617 g/mol. The van der Waals surface area contributed by atoms with Crippen molar-refractivity contribution >= 4 is 68.1 Å². The molecule has 0 bridgehead atoms. The Morgan fingerprint density at radius 1 is 0.947 bits per heavy atom. The van der Waals surface area contributed by atoms with Crippen LogP contribution in [0.2, 0.25) is 5.02 Å². The van der Waals surface area contributed by atoms with Gasteiger partial charge in [-0.3, -0.25) is 14.9 Å². The van der Waals surface area contributed by atoms with E-state index in [1.54, 1.807) is 67.6 Å². The second-order valence-corrected chi connectivity index (χ2v) is 10.6. The predicted octanol–water partition coefficient (Wildman–Crippen LogP) is 7.06. The topological polar surface area (TPSA) is 88.7 Å². The summed E-state index contributed by atoms with van der Waals surface area (Å²) in [5.41, 5.74) is 1.58. The third kappa shape index (κ3) is 9.01. The molecule has 0 saturated carbocycles. The van der Waals surface area contributed by atoms with Gasteiger partial charge in [0.15, 0.2) is 11.2 Å². The molecular weight excluding hydrogens is 590 g/mol. The molecule has 10 heteroatoms. The predicted molar refractivity (Wildman–Crippen MR) is 159 cm³/mol. The summed E-state index contributed by atoms with van der Waals surface area (Å²) in [6, 6.07) is 19.1. The van der Waals surface area contributed by atoms with Crippen molar-refractivity contribution in [2.45, 2.75) is 33.3 Å². The van der Waals surface area contributed by atoms with Gasteiger partial charge in [0.05, 0.1) is 17.2 Å². The molecule has 200 valence electrons. The Hall–Kier alpha value is -3.14. The summed E-state index contributed by atoms with van der Waals surface area (Å²) in [7, 11) is 0. The fraction of sp³-hybridized carbons (Fsp3) is 0.250. The zero-order valence-electron chi connectivity index (χ0n) is 21.2. The van der Waals surface area contributed by atoms with Gasteiger partial charge in [0.2, 0.25) is 0 Å². The van der Waals surface area contributed by atoms with Crippen LogP contribution in [-0.4, -0.2) is 29.6 Å². The first-order valence-electron chi connectivity index (χ1n) is 12.0. The molecule has 1 atom stereocenters. The van der Waals surface area contributed by atoms with Gasteiger partial charge in [-0.15, -0.1) is 0 Å². The smallest absolute Gasteiger partial charge is 0.265 e. The lowest BCUT2D eigenvalue weighted by atomic mass is 10.1. The van der Waals surface area contributed by atoms with Gasteiger partial charge < -0.3 is 20.1 Å². The minimum absolute atomic E-state index is 0.127. The highest BCUT2D eigenvalue weighted by molar-refractivity contribution is 9.10. The number of para-hydroxylation sites is 1. The molecule has 38 heavy (non-hydrogen) atoms. The van der Waals surface area contributed by atoms with Crippen molar-refractivity contribution in [2.24, 2.45) is 5.92 Å². The van der Waals surface area contributed by atoms with Crippen LogP contribution in [0.4, 0.5) is 11.4 Å². The molecule has 0 aliphatic carbocycles. The van der Waals surface area contributed by atoms with E-state index in [1.807, 2.05) is 6.07 Å². The van der Waals surface area contributed by atoms with E-state index in [4.69, 9.17) is 33.3 Å².